The predicted molar refractivity (Wildman–Crippen MR) is 75.0 cm³/mol. The van der Waals surface area contributed by atoms with Gasteiger partial charge in [0.25, 0.3) is 0 Å². The number of rotatable bonds is 3. The van der Waals surface area contributed by atoms with Gasteiger partial charge in [0.2, 0.25) is 17.6 Å². The van der Waals surface area contributed by atoms with Crippen molar-refractivity contribution in [2.75, 3.05) is 5.73 Å². The van der Waals surface area contributed by atoms with Crippen molar-refractivity contribution in [2.45, 2.75) is 0 Å². The maximum Gasteiger partial charge on any atom is 0.305 e. The van der Waals surface area contributed by atoms with Crippen molar-refractivity contribution in [2.24, 2.45) is 0 Å². The third kappa shape index (κ3) is 2.46. The van der Waals surface area contributed by atoms with E-state index in [1.165, 1.54) is 17.4 Å². The summed E-state index contributed by atoms with van der Waals surface area (Å²) in [4.78, 5) is 18.4. The highest BCUT2D eigenvalue weighted by Crippen LogP contribution is 2.32. The average molecular weight is 306 g/mol. The number of nitro benzene ring substituents is 1. The molecule has 106 valence electrons. The van der Waals surface area contributed by atoms with Gasteiger partial charge < -0.3 is 10.5 Å². The van der Waals surface area contributed by atoms with E-state index >= 15 is 0 Å². The summed E-state index contributed by atoms with van der Waals surface area (Å²) in [5.41, 5.74) is 4.95. The first-order chi connectivity index (χ1) is 10.0. The number of nitrogen functional groups attached to an aromatic ring is 1. The van der Waals surface area contributed by atoms with Gasteiger partial charge in [-0.15, -0.1) is 11.3 Å². The number of nitrogens with two attached hydrogens (primary N) is 1. The van der Waals surface area contributed by atoms with Crippen LogP contribution in [0.4, 0.5) is 16.0 Å². The van der Waals surface area contributed by atoms with E-state index in [0.717, 1.165) is 12.1 Å². The number of hydrogen-bond acceptors (Lipinski definition) is 7. The topological polar surface area (TPSA) is 104 Å². The van der Waals surface area contributed by atoms with Crippen LogP contribution in [-0.2, 0) is 0 Å². The number of thiophene rings is 1. The highest BCUT2D eigenvalue weighted by atomic mass is 32.1. The number of hydrogen-bond donors (Lipinski definition) is 1. The standard InChI is InChI=1S/C12H7FN4O3S/c13-8-5-6(1-2-9(8)17(18)19)20-10-7-3-4-21-11(7)16-12(14)15-10/h1-5H,(H2,14,15,16). The zero-order valence-electron chi connectivity index (χ0n) is 10.3. The van der Waals surface area contributed by atoms with Crippen LogP contribution in [-0.4, -0.2) is 14.9 Å². The molecule has 0 aliphatic heterocycles. The number of nitrogens with zero attached hydrogens (tertiary/aromatic N) is 3. The minimum absolute atomic E-state index is 0.0299. The van der Waals surface area contributed by atoms with E-state index in [1.54, 1.807) is 11.4 Å². The molecule has 0 saturated heterocycles. The molecular weight excluding hydrogens is 299 g/mol. The molecule has 0 unspecified atom stereocenters. The largest absolute Gasteiger partial charge is 0.438 e. The van der Waals surface area contributed by atoms with E-state index < -0.39 is 16.4 Å². The molecule has 0 spiro atoms. The van der Waals surface area contributed by atoms with Gasteiger partial charge in [-0.1, -0.05) is 0 Å². The maximum atomic E-state index is 13.6. The van der Waals surface area contributed by atoms with Gasteiger partial charge in [-0.05, 0) is 17.5 Å². The molecule has 7 nitrogen and oxygen atoms in total. The van der Waals surface area contributed by atoms with Gasteiger partial charge in [-0.25, -0.2) is 4.98 Å². The van der Waals surface area contributed by atoms with Gasteiger partial charge in [0.1, 0.15) is 10.6 Å². The first-order valence-electron chi connectivity index (χ1n) is 5.67. The van der Waals surface area contributed by atoms with Crippen LogP contribution in [0.1, 0.15) is 0 Å². The molecule has 0 radical (unpaired) electrons. The van der Waals surface area contributed by atoms with Gasteiger partial charge in [0.05, 0.1) is 10.3 Å². The summed E-state index contributed by atoms with van der Waals surface area (Å²) in [6, 6.07) is 4.99. The van der Waals surface area contributed by atoms with Crippen LogP contribution in [0.15, 0.2) is 29.6 Å². The molecule has 2 heterocycles. The summed E-state index contributed by atoms with van der Waals surface area (Å²) < 4.78 is 19.0. The molecule has 0 bridgehead atoms. The first-order valence-corrected chi connectivity index (χ1v) is 6.55. The molecule has 2 N–H and O–H groups in total. The van der Waals surface area contributed by atoms with E-state index in [1.807, 2.05) is 0 Å². The summed E-state index contributed by atoms with van der Waals surface area (Å²) in [5.74, 6) is -0.695. The quantitative estimate of drug-likeness (QED) is 0.589. The third-order valence-corrected chi connectivity index (χ3v) is 3.44. The Morgan fingerprint density at radius 3 is 2.86 bits per heavy atom. The number of anilines is 1. The van der Waals surface area contributed by atoms with Crippen molar-refractivity contribution in [1.82, 2.24) is 9.97 Å². The normalized spacial score (nSPS) is 10.7. The molecule has 3 aromatic rings. The molecule has 3 rings (SSSR count). The summed E-state index contributed by atoms with van der Waals surface area (Å²) in [7, 11) is 0. The van der Waals surface area contributed by atoms with E-state index in [-0.39, 0.29) is 17.6 Å². The lowest BCUT2D eigenvalue weighted by Crippen LogP contribution is -1.98. The Labute approximate surface area is 121 Å². The molecule has 2 aromatic heterocycles. The summed E-state index contributed by atoms with van der Waals surface area (Å²) in [6.45, 7) is 0. The van der Waals surface area contributed by atoms with Gasteiger partial charge in [-0.2, -0.15) is 9.37 Å². The van der Waals surface area contributed by atoms with Crippen molar-refractivity contribution in [1.29, 1.82) is 0 Å². The SMILES string of the molecule is Nc1nc(Oc2ccc([N+](=O)[O-])c(F)c2)c2ccsc2n1. The van der Waals surface area contributed by atoms with Crippen molar-refractivity contribution >= 4 is 33.2 Å². The Kier molecular flexibility index (Phi) is 3.10. The van der Waals surface area contributed by atoms with E-state index in [4.69, 9.17) is 10.5 Å². The molecule has 9 heteroatoms. The van der Waals surface area contributed by atoms with Crippen molar-refractivity contribution in [3.8, 4) is 11.6 Å². The fourth-order valence-corrected chi connectivity index (χ4v) is 2.49. The van der Waals surface area contributed by atoms with Gasteiger partial charge in [0, 0.05) is 12.1 Å². The van der Waals surface area contributed by atoms with Gasteiger partial charge >= 0.3 is 5.69 Å². The van der Waals surface area contributed by atoms with Crippen LogP contribution in [0.2, 0.25) is 0 Å². The summed E-state index contributed by atoms with van der Waals surface area (Å²) >= 11 is 1.36. The Hall–Kier alpha value is -2.81. The number of benzene rings is 1. The Balaban J connectivity index is 2.00. The second-order valence-electron chi connectivity index (χ2n) is 4.00. The Morgan fingerprint density at radius 2 is 2.14 bits per heavy atom. The van der Waals surface area contributed by atoms with Crippen molar-refractivity contribution in [3.63, 3.8) is 0 Å². The highest BCUT2D eigenvalue weighted by Gasteiger charge is 2.16. The van der Waals surface area contributed by atoms with Gasteiger partial charge in [0.15, 0.2) is 0 Å². The zero-order valence-corrected chi connectivity index (χ0v) is 11.1. The highest BCUT2D eigenvalue weighted by molar-refractivity contribution is 7.16. The van der Waals surface area contributed by atoms with Crippen LogP contribution >= 0.6 is 11.3 Å². The number of nitro groups is 1. The minimum atomic E-state index is -0.985. The summed E-state index contributed by atoms with van der Waals surface area (Å²) in [5, 5.41) is 13.0. The minimum Gasteiger partial charge on any atom is -0.438 e. The Morgan fingerprint density at radius 1 is 1.33 bits per heavy atom. The molecule has 0 atom stereocenters. The third-order valence-electron chi connectivity index (χ3n) is 2.64. The summed E-state index contributed by atoms with van der Waals surface area (Å²) in [6.07, 6.45) is 0. The van der Waals surface area contributed by atoms with E-state index in [0.29, 0.717) is 10.2 Å². The fourth-order valence-electron chi connectivity index (χ4n) is 1.73. The lowest BCUT2D eigenvalue weighted by Gasteiger charge is -2.06. The second kappa shape index (κ2) is 4.94. The molecule has 0 aliphatic rings. The Bertz CT molecular complexity index is 852. The fraction of sp³-hybridized carbons (Fsp3) is 0. The molecule has 0 fully saturated rings. The van der Waals surface area contributed by atoms with Crippen LogP contribution in [0.3, 0.4) is 0 Å². The first kappa shape index (κ1) is 13.2. The predicted octanol–water partition coefficient (Wildman–Crippen LogP) is 3.11. The van der Waals surface area contributed by atoms with Crippen LogP contribution in [0.5, 0.6) is 11.6 Å². The van der Waals surface area contributed by atoms with Crippen molar-refractivity contribution in [3.05, 3.63) is 45.6 Å². The van der Waals surface area contributed by atoms with E-state index in [9.17, 15) is 14.5 Å². The number of halogens is 1. The van der Waals surface area contributed by atoms with Crippen LogP contribution in [0, 0.1) is 15.9 Å². The second-order valence-corrected chi connectivity index (χ2v) is 4.89. The lowest BCUT2D eigenvalue weighted by molar-refractivity contribution is -0.387. The smallest absolute Gasteiger partial charge is 0.305 e. The van der Waals surface area contributed by atoms with Crippen LogP contribution < -0.4 is 10.5 Å². The molecular formula is C12H7FN4O3S. The monoisotopic (exact) mass is 306 g/mol. The molecule has 1 aromatic carbocycles. The number of aromatic nitrogens is 2. The van der Waals surface area contributed by atoms with Crippen LogP contribution in [0.25, 0.3) is 10.2 Å². The number of ether oxygens (including phenoxy) is 1. The molecule has 0 amide bonds. The average Bonchev–Trinajstić information content (AvgIpc) is 2.86. The lowest BCUT2D eigenvalue weighted by atomic mass is 10.3. The van der Waals surface area contributed by atoms with Gasteiger partial charge in [-0.3, -0.25) is 10.1 Å². The zero-order chi connectivity index (χ0) is 15.0. The number of fused-ring (bicyclic) bond motifs is 1. The van der Waals surface area contributed by atoms with E-state index in [2.05, 4.69) is 9.97 Å². The maximum absolute atomic E-state index is 13.6. The molecule has 0 saturated carbocycles. The molecule has 0 aliphatic carbocycles. The molecule has 21 heavy (non-hydrogen) atoms. The van der Waals surface area contributed by atoms with Crippen molar-refractivity contribution < 1.29 is 14.1 Å².